The summed E-state index contributed by atoms with van der Waals surface area (Å²) < 4.78 is 15.6. The largest absolute Gasteiger partial charge is 0.462 e. The lowest BCUT2D eigenvalue weighted by molar-refractivity contribution is 0.0478. The molecule has 5 nitrogen and oxygen atoms in total. The fraction of sp³-hybridized carbons (Fsp3) is 0.222. The van der Waals surface area contributed by atoms with Crippen molar-refractivity contribution in [1.29, 1.82) is 0 Å². The third-order valence-electron chi connectivity index (χ3n) is 3.03. The Balaban J connectivity index is 2.33. The van der Waals surface area contributed by atoms with Crippen LogP contribution in [0, 0.1) is 0 Å². The molecular weight excluding hydrogens is 332 g/mol. The van der Waals surface area contributed by atoms with Gasteiger partial charge in [-0.3, -0.25) is 0 Å². The van der Waals surface area contributed by atoms with Crippen LogP contribution in [0.5, 0.6) is 11.5 Å². The Hall–Kier alpha value is -2.53. The summed E-state index contributed by atoms with van der Waals surface area (Å²) in [5, 5.41) is 0.590. The Bertz CT molecular complexity index is 725. The van der Waals surface area contributed by atoms with Gasteiger partial charge in [0.1, 0.15) is 11.5 Å². The minimum Gasteiger partial charge on any atom is -0.462 e. The molecule has 2 aromatic carbocycles. The number of ether oxygens (including phenoxy) is 3. The molecule has 0 atom stereocenters. The number of carbonyl (C=O) groups excluding carboxylic acids is 2. The molecule has 24 heavy (non-hydrogen) atoms. The number of hydrogen-bond donors (Lipinski definition) is 0. The van der Waals surface area contributed by atoms with Gasteiger partial charge in [0.25, 0.3) is 0 Å². The van der Waals surface area contributed by atoms with E-state index >= 15 is 0 Å². The predicted molar refractivity (Wildman–Crippen MR) is 89.9 cm³/mol. The minimum atomic E-state index is -0.609. The minimum absolute atomic E-state index is 0.0989. The zero-order valence-electron chi connectivity index (χ0n) is 13.4. The number of rotatable bonds is 6. The highest BCUT2D eigenvalue weighted by Gasteiger charge is 2.20. The third-order valence-corrected chi connectivity index (χ3v) is 3.28. The van der Waals surface area contributed by atoms with Crippen LogP contribution in [-0.2, 0) is 9.47 Å². The monoisotopic (exact) mass is 348 g/mol. The Labute approximate surface area is 145 Å². The highest BCUT2D eigenvalue weighted by atomic mass is 35.5. The molecule has 0 heterocycles. The molecule has 2 rings (SSSR count). The van der Waals surface area contributed by atoms with Gasteiger partial charge in [-0.25, -0.2) is 9.59 Å². The van der Waals surface area contributed by atoms with Crippen LogP contribution in [0.2, 0.25) is 5.02 Å². The van der Waals surface area contributed by atoms with Crippen LogP contribution in [0.15, 0.2) is 42.5 Å². The molecule has 0 unspecified atom stereocenters. The molecule has 0 aromatic heterocycles. The Morgan fingerprint density at radius 3 is 1.96 bits per heavy atom. The number of benzene rings is 2. The summed E-state index contributed by atoms with van der Waals surface area (Å²) in [5.74, 6) is -0.243. The normalized spacial score (nSPS) is 10.1. The smallest absolute Gasteiger partial charge is 0.339 e. The molecule has 0 aliphatic carbocycles. The van der Waals surface area contributed by atoms with E-state index in [-0.39, 0.29) is 24.3 Å². The van der Waals surface area contributed by atoms with Crippen molar-refractivity contribution in [3.63, 3.8) is 0 Å². The first-order valence-corrected chi connectivity index (χ1v) is 7.84. The van der Waals surface area contributed by atoms with E-state index < -0.39 is 11.9 Å². The van der Waals surface area contributed by atoms with Crippen molar-refractivity contribution < 1.29 is 23.8 Å². The van der Waals surface area contributed by atoms with Gasteiger partial charge < -0.3 is 14.2 Å². The van der Waals surface area contributed by atoms with Crippen LogP contribution in [0.4, 0.5) is 0 Å². The molecule has 0 spiro atoms. The average molecular weight is 349 g/mol. The molecule has 6 heteroatoms. The van der Waals surface area contributed by atoms with Gasteiger partial charge in [-0.1, -0.05) is 11.6 Å². The van der Waals surface area contributed by atoms with E-state index in [1.807, 2.05) is 0 Å². The molecule has 0 saturated heterocycles. The van der Waals surface area contributed by atoms with E-state index in [1.54, 1.807) is 44.2 Å². The molecular formula is C18H17ClO5. The maximum Gasteiger partial charge on any atom is 0.339 e. The van der Waals surface area contributed by atoms with Gasteiger partial charge in [-0.2, -0.15) is 0 Å². The summed E-state index contributed by atoms with van der Waals surface area (Å²) in [4.78, 5) is 24.1. The number of halogens is 1. The summed E-state index contributed by atoms with van der Waals surface area (Å²) in [7, 11) is 0. The van der Waals surface area contributed by atoms with Crippen LogP contribution in [0.25, 0.3) is 0 Å². The summed E-state index contributed by atoms with van der Waals surface area (Å²) in [6.07, 6.45) is 0. The fourth-order valence-corrected chi connectivity index (χ4v) is 2.12. The van der Waals surface area contributed by atoms with Gasteiger partial charge in [-0.05, 0) is 56.3 Å². The zero-order chi connectivity index (χ0) is 17.5. The molecule has 0 fully saturated rings. The first kappa shape index (κ1) is 17.8. The van der Waals surface area contributed by atoms with Gasteiger partial charge in [-0.15, -0.1) is 0 Å². The Kier molecular flexibility index (Phi) is 6.21. The maximum absolute atomic E-state index is 12.1. The van der Waals surface area contributed by atoms with E-state index in [1.165, 1.54) is 12.1 Å². The molecule has 0 aliphatic heterocycles. The SMILES string of the molecule is CCOC(=O)c1ccc(Oc2ccc(Cl)cc2)cc1C(=O)OCC. The van der Waals surface area contributed by atoms with Crippen LogP contribution in [0.1, 0.15) is 34.6 Å². The van der Waals surface area contributed by atoms with Gasteiger partial charge in [0.15, 0.2) is 0 Å². The zero-order valence-corrected chi connectivity index (χ0v) is 14.1. The lowest BCUT2D eigenvalue weighted by Crippen LogP contribution is -2.14. The summed E-state index contributed by atoms with van der Waals surface area (Å²) in [6, 6.07) is 11.3. The van der Waals surface area contributed by atoms with E-state index in [4.69, 9.17) is 25.8 Å². The maximum atomic E-state index is 12.1. The second-order valence-corrected chi connectivity index (χ2v) is 5.14. The Morgan fingerprint density at radius 2 is 1.38 bits per heavy atom. The predicted octanol–water partition coefficient (Wildman–Crippen LogP) is 4.49. The van der Waals surface area contributed by atoms with Crippen molar-refractivity contribution in [2.75, 3.05) is 13.2 Å². The number of hydrogen-bond acceptors (Lipinski definition) is 5. The van der Waals surface area contributed by atoms with Crippen molar-refractivity contribution in [3.8, 4) is 11.5 Å². The quantitative estimate of drug-likeness (QED) is 0.720. The summed E-state index contributed by atoms with van der Waals surface area (Å²) >= 11 is 5.83. The lowest BCUT2D eigenvalue weighted by Gasteiger charge is -2.11. The van der Waals surface area contributed by atoms with Crippen LogP contribution in [-0.4, -0.2) is 25.2 Å². The molecule has 0 radical (unpaired) electrons. The van der Waals surface area contributed by atoms with Gasteiger partial charge in [0.2, 0.25) is 0 Å². The van der Waals surface area contributed by atoms with Crippen LogP contribution < -0.4 is 4.74 Å². The van der Waals surface area contributed by atoms with Crippen molar-refractivity contribution in [1.82, 2.24) is 0 Å². The van der Waals surface area contributed by atoms with Crippen molar-refractivity contribution in [3.05, 3.63) is 58.6 Å². The van der Waals surface area contributed by atoms with E-state index in [9.17, 15) is 9.59 Å². The highest BCUT2D eigenvalue weighted by Crippen LogP contribution is 2.26. The van der Waals surface area contributed by atoms with E-state index in [0.29, 0.717) is 16.5 Å². The topological polar surface area (TPSA) is 61.8 Å². The Morgan fingerprint density at radius 1 is 0.833 bits per heavy atom. The molecule has 0 bridgehead atoms. The second-order valence-electron chi connectivity index (χ2n) is 4.70. The molecule has 0 saturated carbocycles. The van der Waals surface area contributed by atoms with Gasteiger partial charge in [0.05, 0.1) is 24.3 Å². The van der Waals surface area contributed by atoms with Crippen molar-refractivity contribution in [2.24, 2.45) is 0 Å². The standard InChI is InChI=1S/C18H17ClO5/c1-3-22-17(20)15-10-9-14(11-16(15)18(21)23-4-2)24-13-7-5-12(19)6-8-13/h5-11H,3-4H2,1-2H3. The molecule has 0 amide bonds. The lowest BCUT2D eigenvalue weighted by atomic mass is 10.1. The van der Waals surface area contributed by atoms with Crippen LogP contribution in [0.3, 0.4) is 0 Å². The summed E-state index contributed by atoms with van der Waals surface area (Å²) in [6.45, 7) is 3.80. The van der Waals surface area contributed by atoms with Crippen molar-refractivity contribution in [2.45, 2.75) is 13.8 Å². The molecule has 0 aliphatic rings. The van der Waals surface area contributed by atoms with Gasteiger partial charge in [0, 0.05) is 5.02 Å². The molecule has 126 valence electrons. The number of carbonyl (C=O) groups is 2. The first-order chi connectivity index (χ1) is 11.5. The van der Waals surface area contributed by atoms with Crippen LogP contribution >= 0.6 is 11.6 Å². The van der Waals surface area contributed by atoms with E-state index in [2.05, 4.69) is 0 Å². The fourth-order valence-electron chi connectivity index (χ4n) is 1.99. The van der Waals surface area contributed by atoms with E-state index in [0.717, 1.165) is 0 Å². The second kappa shape index (κ2) is 8.36. The summed E-state index contributed by atoms with van der Waals surface area (Å²) in [5.41, 5.74) is 0.237. The van der Waals surface area contributed by atoms with Gasteiger partial charge >= 0.3 is 11.9 Å². The number of esters is 2. The molecule has 0 N–H and O–H groups in total. The average Bonchev–Trinajstić information content (AvgIpc) is 2.57. The molecule has 2 aromatic rings. The highest BCUT2D eigenvalue weighted by molar-refractivity contribution is 6.30. The van der Waals surface area contributed by atoms with Crippen molar-refractivity contribution >= 4 is 23.5 Å². The third kappa shape index (κ3) is 4.49. The first-order valence-electron chi connectivity index (χ1n) is 7.46.